The zero-order valence-electron chi connectivity index (χ0n) is 13.0. The highest BCUT2D eigenvalue weighted by Crippen LogP contribution is 2.40. The van der Waals surface area contributed by atoms with Crippen molar-refractivity contribution in [1.29, 1.82) is 0 Å². The van der Waals surface area contributed by atoms with Gasteiger partial charge in [0.2, 0.25) is 11.8 Å². The van der Waals surface area contributed by atoms with Crippen LogP contribution < -0.4 is 10.6 Å². The molecule has 4 nitrogen and oxygen atoms in total. The maximum absolute atomic E-state index is 12.3. The number of anilines is 2. The quantitative estimate of drug-likeness (QED) is 0.839. The van der Waals surface area contributed by atoms with Gasteiger partial charge in [0.15, 0.2) is 0 Å². The van der Waals surface area contributed by atoms with Crippen LogP contribution in [0.5, 0.6) is 0 Å². The Morgan fingerprint density at radius 3 is 2.17 bits per heavy atom. The van der Waals surface area contributed by atoms with Crippen molar-refractivity contribution < 1.29 is 9.59 Å². The van der Waals surface area contributed by atoms with Crippen LogP contribution in [0.4, 0.5) is 11.4 Å². The Kier molecular flexibility index (Phi) is 4.78. The minimum atomic E-state index is -0.310. The lowest BCUT2D eigenvalue weighted by Gasteiger charge is -2.09. The van der Waals surface area contributed by atoms with E-state index in [0.717, 1.165) is 5.56 Å². The molecule has 1 aliphatic rings. The fourth-order valence-electron chi connectivity index (χ4n) is 2.50. The number of nitrogens with one attached hydrogen (secondary N) is 2. The predicted octanol–water partition coefficient (Wildman–Crippen LogP) is 4.52. The van der Waals surface area contributed by atoms with Crippen molar-refractivity contribution in [1.82, 2.24) is 0 Å². The Bertz CT molecular complexity index is 790. The highest BCUT2D eigenvalue weighted by atomic mass is 35.5. The summed E-state index contributed by atoms with van der Waals surface area (Å²) in [5, 5.41) is 6.81. The number of halogens is 2. The summed E-state index contributed by atoms with van der Waals surface area (Å²) in [6, 6.07) is 12.2. The fourth-order valence-corrected chi connectivity index (χ4v) is 2.80. The summed E-state index contributed by atoms with van der Waals surface area (Å²) in [4.78, 5) is 24.5. The van der Waals surface area contributed by atoms with Gasteiger partial charge in [0.1, 0.15) is 0 Å². The molecule has 2 amide bonds. The monoisotopic (exact) mass is 362 g/mol. The number of rotatable bonds is 4. The molecule has 0 bridgehead atoms. The SMILES string of the molecule is Cc1ccc(Cl)cc1NC(=O)C1CC1C(=O)Nc1ccc(Cl)cc1. The van der Waals surface area contributed by atoms with Crippen molar-refractivity contribution in [2.45, 2.75) is 13.3 Å². The zero-order valence-corrected chi connectivity index (χ0v) is 14.5. The average Bonchev–Trinajstić information content (AvgIpc) is 3.34. The molecule has 2 aromatic carbocycles. The van der Waals surface area contributed by atoms with E-state index in [1.807, 2.05) is 13.0 Å². The zero-order chi connectivity index (χ0) is 17.3. The third-order valence-electron chi connectivity index (χ3n) is 4.03. The van der Waals surface area contributed by atoms with Gasteiger partial charge in [-0.3, -0.25) is 9.59 Å². The van der Waals surface area contributed by atoms with E-state index in [1.165, 1.54) is 0 Å². The minimum absolute atomic E-state index is 0.153. The van der Waals surface area contributed by atoms with Crippen molar-refractivity contribution >= 4 is 46.4 Å². The number of carbonyl (C=O) groups excluding carboxylic acids is 2. The summed E-state index contributed by atoms with van der Waals surface area (Å²) in [5.41, 5.74) is 2.27. The third-order valence-corrected chi connectivity index (χ3v) is 4.52. The molecule has 0 aromatic heterocycles. The summed E-state index contributed by atoms with van der Waals surface area (Å²) in [6.45, 7) is 1.89. The Balaban J connectivity index is 1.58. The van der Waals surface area contributed by atoms with Gasteiger partial charge in [0, 0.05) is 21.4 Å². The van der Waals surface area contributed by atoms with Crippen LogP contribution in [0, 0.1) is 18.8 Å². The van der Waals surface area contributed by atoms with E-state index in [2.05, 4.69) is 10.6 Å². The fraction of sp³-hybridized carbons (Fsp3) is 0.222. The van der Waals surface area contributed by atoms with Crippen LogP contribution >= 0.6 is 23.2 Å². The molecule has 2 atom stereocenters. The predicted molar refractivity (Wildman–Crippen MR) is 96.5 cm³/mol. The lowest BCUT2D eigenvalue weighted by atomic mass is 10.2. The van der Waals surface area contributed by atoms with E-state index in [1.54, 1.807) is 36.4 Å². The summed E-state index contributed by atoms with van der Waals surface area (Å²) in [5.74, 6) is -0.923. The van der Waals surface area contributed by atoms with E-state index < -0.39 is 0 Å². The number of carbonyl (C=O) groups is 2. The van der Waals surface area contributed by atoms with Gasteiger partial charge in [-0.1, -0.05) is 29.3 Å². The molecule has 0 heterocycles. The van der Waals surface area contributed by atoms with E-state index in [4.69, 9.17) is 23.2 Å². The van der Waals surface area contributed by atoms with E-state index in [0.29, 0.717) is 27.8 Å². The molecule has 1 aliphatic carbocycles. The number of aryl methyl sites for hydroxylation is 1. The molecule has 1 fully saturated rings. The molecule has 2 unspecified atom stereocenters. The Hall–Kier alpha value is -2.04. The first-order valence-corrected chi connectivity index (χ1v) is 8.33. The smallest absolute Gasteiger partial charge is 0.228 e. The number of hydrogen-bond acceptors (Lipinski definition) is 2. The molecule has 6 heteroatoms. The van der Waals surface area contributed by atoms with Crippen LogP contribution in [0.1, 0.15) is 12.0 Å². The van der Waals surface area contributed by atoms with Gasteiger partial charge in [0.25, 0.3) is 0 Å². The van der Waals surface area contributed by atoms with Crippen LogP contribution in [-0.4, -0.2) is 11.8 Å². The van der Waals surface area contributed by atoms with E-state index in [9.17, 15) is 9.59 Å². The van der Waals surface area contributed by atoms with Crippen molar-refractivity contribution in [2.75, 3.05) is 10.6 Å². The molecule has 2 N–H and O–H groups in total. The first-order valence-electron chi connectivity index (χ1n) is 7.57. The maximum Gasteiger partial charge on any atom is 0.228 e. The summed E-state index contributed by atoms with van der Waals surface area (Å²) in [7, 11) is 0. The molecule has 0 radical (unpaired) electrons. The van der Waals surface area contributed by atoms with Gasteiger partial charge in [-0.05, 0) is 55.3 Å². The van der Waals surface area contributed by atoms with Crippen LogP contribution in [0.2, 0.25) is 10.0 Å². The average molecular weight is 363 g/mol. The van der Waals surface area contributed by atoms with Crippen LogP contribution in [0.25, 0.3) is 0 Å². The molecule has 124 valence electrons. The molecular formula is C18H16Cl2N2O2. The van der Waals surface area contributed by atoms with E-state index in [-0.39, 0.29) is 23.7 Å². The third kappa shape index (κ3) is 3.89. The normalized spacial score (nSPS) is 18.8. The Morgan fingerprint density at radius 1 is 0.917 bits per heavy atom. The molecule has 24 heavy (non-hydrogen) atoms. The molecule has 0 aliphatic heterocycles. The lowest BCUT2D eigenvalue weighted by molar-refractivity contribution is -0.122. The van der Waals surface area contributed by atoms with Crippen molar-refractivity contribution in [3.05, 3.63) is 58.1 Å². The van der Waals surface area contributed by atoms with Crippen molar-refractivity contribution in [2.24, 2.45) is 11.8 Å². The molecule has 1 saturated carbocycles. The summed E-state index contributed by atoms with van der Waals surface area (Å²) < 4.78 is 0. The Morgan fingerprint density at radius 2 is 1.50 bits per heavy atom. The van der Waals surface area contributed by atoms with Crippen molar-refractivity contribution in [3.8, 4) is 0 Å². The molecule has 2 aromatic rings. The molecule has 0 spiro atoms. The second kappa shape index (κ2) is 6.83. The van der Waals surface area contributed by atoms with Gasteiger partial charge in [0.05, 0.1) is 11.8 Å². The van der Waals surface area contributed by atoms with Gasteiger partial charge in [-0.25, -0.2) is 0 Å². The highest BCUT2D eigenvalue weighted by Gasteiger charge is 2.48. The van der Waals surface area contributed by atoms with Gasteiger partial charge >= 0.3 is 0 Å². The van der Waals surface area contributed by atoms with Crippen LogP contribution in [-0.2, 0) is 9.59 Å². The topological polar surface area (TPSA) is 58.2 Å². The van der Waals surface area contributed by atoms with Crippen molar-refractivity contribution in [3.63, 3.8) is 0 Å². The second-order valence-corrected chi connectivity index (χ2v) is 6.77. The molecule has 0 saturated heterocycles. The van der Waals surface area contributed by atoms with Crippen LogP contribution in [0.3, 0.4) is 0 Å². The largest absolute Gasteiger partial charge is 0.326 e. The molecular weight excluding hydrogens is 347 g/mol. The lowest BCUT2D eigenvalue weighted by Crippen LogP contribution is -2.20. The minimum Gasteiger partial charge on any atom is -0.326 e. The van der Waals surface area contributed by atoms with Gasteiger partial charge in [-0.2, -0.15) is 0 Å². The van der Waals surface area contributed by atoms with Crippen LogP contribution in [0.15, 0.2) is 42.5 Å². The Labute approximate surface area is 150 Å². The van der Waals surface area contributed by atoms with Gasteiger partial charge in [-0.15, -0.1) is 0 Å². The first-order chi connectivity index (χ1) is 11.4. The number of benzene rings is 2. The standard InChI is InChI=1S/C18H16Cl2N2O2/c1-10-2-3-12(20)8-16(10)22-18(24)15-9-14(15)17(23)21-13-6-4-11(19)5-7-13/h2-8,14-15H,9H2,1H3,(H,21,23)(H,22,24). The first kappa shape index (κ1) is 16.8. The second-order valence-electron chi connectivity index (χ2n) is 5.89. The maximum atomic E-state index is 12.3. The summed E-state index contributed by atoms with van der Waals surface area (Å²) >= 11 is 11.8. The van der Waals surface area contributed by atoms with Gasteiger partial charge < -0.3 is 10.6 Å². The summed E-state index contributed by atoms with van der Waals surface area (Å²) in [6.07, 6.45) is 0.546. The number of amides is 2. The highest BCUT2D eigenvalue weighted by molar-refractivity contribution is 6.31. The number of hydrogen-bond donors (Lipinski definition) is 2. The van der Waals surface area contributed by atoms with E-state index >= 15 is 0 Å². The molecule has 3 rings (SSSR count).